The van der Waals surface area contributed by atoms with Crippen molar-refractivity contribution in [3.8, 4) is 17.2 Å². The van der Waals surface area contributed by atoms with Gasteiger partial charge in [-0.1, -0.05) is 6.92 Å². The Morgan fingerprint density at radius 1 is 1.07 bits per heavy atom. The van der Waals surface area contributed by atoms with Gasteiger partial charge in [0.2, 0.25) is 0 Å². The summed E-state index contributed by atoms with van der Waals surface area (Å²) < 4.78 is 15.4. The van der Waals surface area contributed by atoms with Crippen molar-refractivity contribution < 1.29 is 33.1 Å². The summed E-state index contributed by atoms with van der Waals surface area (Å²) in [5, 5.41) is 0. The molecule has 3 nitrogen and oxygen atoms in total. The molecule has 1 rings (SSSR count). The van der Waals surface area contributed by atoms with Crippen molar-refractivity contribution in [2.24, 2.45) is 0 Å². The van der Waals surface area contributed by atoms with Crippen molar-refractivity contribution in [3.63, 3.8) is 0 Å². The average molecular weight is 188 g/mol. The molecule has 0 saturated carbocycles. The van der Waals surface area contributed by atoms with Gasteiger partial charge < -0.3 is 14.2 Å². The second-order valence-corrected chi connectivity index (χ2v) is 2.59. The molecule has 0 aliphatic carbocycles. The van der Waals surface area contributed by atoms with Gasteiger partial charge in [-0.3, -0.25) is 0 Å². The molecule has 0 unspecified atom stereocenters. The number of ether oxygens (including phenoxy) is 3. The van der Waals surface area contributed by atoms with Crippen LogP contribution in [0.4, 0.5) is 0 Å². The van der Waals surface area contributed by atoms with E-state index in [-0.39, 0.29) is 18.9 Å². The predicted octanol–water partition coefficient (Wildman–Crippen LogP) is -1.17. The molecule has 0 fully saturated rings. The van der Waals surface area contributed by atoms with E-state index in [2.05, 4.69) is 6.07 Å². The van der Waals surface area contributed by atoms with Gasteiger partial charge in [-0.2, -0.15) is 5.56 Å². The van der Waals surface area contributed by atoms with Crippen LogP contribution in [-0.2, 0) is 0 Å². The fourth-order valence-corrected chi connectivity index (χ4v) is 1.13. The van der Waals surface area contributed by atoms with Crippen LogP contribution in [0.1, 0.15) is 5.56 Å². The van der Waals surface area contributed by atoms with Crippen molar-refractivity contribution in [1.82, 2.24) is 0 Å². The third-order valence-corrected chi connectivity index (χ3v) is 1.72. The topological polar surface area (TPSA) is 27.7 Å². The van der Waals surface area contributed by atoms with Gasteiger partial charge in [-0.15, -0.1) is 12.1 Å². The van der Waals surface area contributed by atoms with Gasteiger partial charge in [0, 0.05) is 0 Å². The Morgan fingerprint density at radius 3 is 2.14 bits per heavy atom. The van der Waals surface area contributed by atoms with Gasteiger partial charge in [-0.25, -0.2) is 0 Å². The Labute approximate surface area is 96.5 Å². The van der Waals surface area contributed by atoms with E-state index in [1.807, 2.05) is 13.0 Å². The summed E-state index contributed by atoms with van der Waals surface area (Å²) in [6, 6.07) is 4.87. The molecule has 0 amide bonds. The Hall–Kier alpha value is -0.783. The first-order valence-corrected chi connectivity index (χ1v) is 3.91. The van der Waals surface area contributed by atoms with E-state index >= 15 is 0 Å². The summed E-state index contributed by atoms with van der Waals surface area (Å²) in [5.41, 5.74) is 0.953. The standard InChI is InChI=1S/C10H13O3.Li/c1-7-5-8(11-2)10(13-4)9(6-7)12-3;/h5H,1-4H3;/q-1;+1. The van der Waals surface area contributed by atoms with Gasteiger partial charge >= 0.3 is 18.9 Å². The van der Waals surface area contributed by atoms with E-state index in [9.17, 15) is 0 Å². The van der Waals surface area contributed by atoms with Crippen molar-refractivity contribution in [1.29, 1.82) is 0 Å². The zero-order valence-electron chi connectivity index (χ0n) is 9.30. The monoisotopic (exact) mass is 188 g/mol. The number of rotatable bonds is 3. The van der Waals surface area contributed by atoms with E-state index in [1.54, 1.807) is 21.3 Å². The molecule has 0 saturated heterocycles. The number of hydrogen-bond acceptors (Lipinski definition) is 3. The van der Waals surface area contributed by atoms with Crippen LogP contribution in [0.5, 0.6) is 17.2 Å². The average Bonchev–Trinajstić information content (AvgIpc) is 2.16. The van der Waals surface area contributed by atoms with Crippen LogP contribution in [0.3, 0.4) is 0 Å². The van der Waals surface area contributed by atoms with Crippen molar-refractivity contribution in [3.05, 3.63) is 17.7 Å². The third-order valence-electron chi connectivity index (χ3n) is 1.72. The van der Waals surface area contributed by atoms with Crippen molar-refractivity contribution in [2.45, 2.75) is 6.92 Å². The van der Waals surface area contributed by atoms with E-state index in [1.165, 1.54) is 0 Å². The predicted molar refractivity (Wildman–Crippen MR) is 49.7 cm³/mol. The first-order chi connectivity index (χ1) is 6.22. The molecule has 14 heavy (non-hydrogen) atoms. The molecule has 0 aliphatic heterocycles. The van der Waals surface area contributed by atoms with Crippen LogP contribution in [0.25, 0.3) is 0 Å². The molecule has 0 spiro atoms. The summed E-state index contributed by atoms with van der Waals surface area (Å²) in [4.78, 5) is 0. The Morgan fingerprint density at radius 2 is 1.71 bits per heavy atom. The number of hydrogen-bond donors (Lipinski definition) is 0. The van der Waals surface area contributed by atoms with Gasteiger partial charge in [-0.05, 0) is 0 Å². The van der Waals surface area contributed by atoms with Gasteiger partial charge in [0.15, 0.2) is 0 Å². The molecule has 0 aromatic heterocycles. The maximum atomic E-state index is 5.13. The zero-order valence-corrected chi connectivity index (χ0v) is 9.30. The largest absolute Gasteiger partial charge is 1.00 e. The molecule has 0 heterocycles. The number of methoxy groups -OCH3 is 3. The molecule has 1 aromatic rings. The van der Waals surface area contributed by atoms with E-state index in [4.69, 9.17) is 14.2 Å². The van der Waals surface area contributed by atoms with Gasteiger partial charge in [0.05, 0.1) is 38.6 Å². The Kier molecular flexibility index (Phi) is 5.52. The maximum Gasteiger partial charge on any atom is 1.00 e. The third kappa shape index (κ3) is 2.60. The minimum atomic E-state index is 0. The molecule has 0 radical (unpaired) electrons. The Bertz CT molecular complexity index is 274. The number of benzene rings is 1. The summed E-state index contributed by atoms with van der Waals surface area (Å²) >= 11 is 0. The molecule has 4 heteroatoms. The smallest absolute Gasteiger partial charge is 0.547 e. The van der Waals surface area contributed by atoms with Crippen molar-refractivity contribution in [2.75, 3.05) is 21.3 Å². The van der Waals surface area contributed by atoms with Crippen LogP contribution in [0.2, 0.25) is 0 Å². The summed E-state index contributed by atoms with van der Waals surface area (Å²) in [5.74, 6) is 1.81. The van der Waals surface area contributed by atoms with Gasteiger partial charge in [0.25, 0.3) is 0 Å². The molecule has 0 atom stereocenters. The molecule has 1 aromatic carbocycles. The molecular formula is C10H13LiO3. The minimum absolute atomic E-state index is 0. The Balaban J connectivity index is 0.00000169. The van der Waals surface area contributed by atoms with Crippen LogP contribution in [-0.4, -0.2) is 21.3 Å². The first kappa shape index (κ1) is 13.2. The molecule has 0 N–H and O–H groups in total. The minimum Gasteiger partial charge on any atom is -0.547 e. The zero-order chi connectivity index (χ0) is 9.84. The quantitative estimate of drug-likeness (QED) is 0.441. The number of aryl methyl sites for hydroxylation is 1. The van der Waals surface area contributed by atoms with Gasteiger partial charge in [0.1, 0.15) is 0 Å². The first-order valence-electron chi connectivity index (χ1n) is 3.91. The van der Waals surface area contributed by atoms with E-state index < -0.39 is 0 Å². The molecular weight excluding hydrogens is 175 g/mol. The fourth-order valence-electron chi connectivity index (χ4n) is 1.13. The summed E-state index contributed by atoms with van der Waals surface area (Å²) in [6.45, 7) is 1.92. The van der Waals surface area contributed by atoms with Crippen LogP contribution < -0.4 is 33.1 Å². The molecule has 0 aliphatic rings. The SMILES string of the molecule is COc1[c-]c(C)cc(OC)c1OC.[Li+]. The molecule has 0 bridgehead atoms. The van der Waals surface area contributed by atoms with E-state index in [0.29, 0.717) is 17.2 Å². The normalized spacial score (nSPS) is 8.86. The van der Waals surface area contributed by atoms with Crippen LogP contribution >= 0.6 is 0 Å². The summed E-state index contributed by atoms with van der Waals surface area (Å²) in [7, 11) is 4.74. The second kappa shape index (κ2) is 5.85. The van der Waals surface area contributed by atoms with E-state index in [0.717, 1.165) is 5.56 Å². The van der Waals surface area contributed by atoms with Crippen LogP contribution in [0, 0.1) is 13.0 Å². The summed E-state index contributed by atoms with van der Waals surface area (Å²) in [6.07, 6.45) is 0. The molecule has 72 valence electrons. The van der Waals surface area contributed by atoms with Crippen molar-refractivity contribution >= 4 is 0 Å². The fraction of sp³-hybridized carbons (Fsp3) is 0.400. The second-order valence-electron chi connectivity index (χ2n) is 2.59. The van der Waals surface area contributed by atoms with Crippen LogP contribution in [0.15, 0.2) is 6.07 Å². The maximum absolute atomic E-state index is 5.13.